The van der Waals surface area contributed by atoms with Crippen molar-refractivity contribution in [2.24, 2.45) is 0 Å². The zero-order chi connectivity index (χ0) is 30.3. The van der Waals surface area contributed by atoms with Gasteiger partial charge in [-0.2, -0.15) is 0 Å². The quantitative estimate of drug-likeness (QED) is 0.174. The molecule has 8 heteroatoms. The molecule has 2 aromatic heterocycles. The van der Waals surface area contributed by atoms with Crippen molar-refractivity contribution in [3.63, 3.8) is 0 Å². The first-order valence-corrected chi connectivity index (χ1v) is 16.1. The van der Waals surface area contributed by atoms with Gasteiger partial charge in [0.25, 0.3) is 0 Å². The van der Waals surface area contributed by atoms with Gasteiger partial charge >= 0.3 is 0 Å². The lowest BCUT2D eigenvalue weighted by atomic mass is 9.83. The van der Waals surface area contributed by atoms with Gasteiger partial charge < -0.3 is 4.74 Å². The summed E-state index contributed by atoms with van der Waals surface area (Å²) in [5.74, 6) is 1.10. The summed E-state index contributed by atoms with van der Waals surface area (Å²) in [5, 5.41) is 11.2. The third-order valence-electron chi connectivity index (χ3n) is 8.51. The van der Waals surface area contributed by atoms with Crippen molar-refractivity contribution >= 4 is 34.2 Å². The van der Waals surface area contributed by atoms with Gasteiger partial charge in [0.2, 0.25) is 0 Å². The number of fused-ring (bicyclic) bond motifs is 3. The van der Waals surface area contributed by atoms with E-state index in [1.165, 1.54) is 0 Å². The monoisotopic (exact) mass is 608 g/mol. The normalized spacial score (nSPS) is 15.8. The topological polar surface area (TPSA) is 87.0 Å². The first kappa shape index (κ1) is 27.6. The number of ether oxygens (including phenoxy) is 1. The molecule has 3 heterocycles. The van der Waals surface area contributed by atoms with E-state index in [9.17, 15) is 9.59 Å². The summed E-state index contributed by atoms with van der Waals surface area (Å²) in [4.78, 5) is 31.4. The first-order valence-electron chi connectivity index (χ1n) is 15.1. The number of aromatic nitrogens is 4. The molecule has 1 saturated heterocycles. The average Bonchev–Trinajstić information content (AvgIpc) is 3.76. The Morgan fingerprint density at radius 1 is 0.756 bits per heavy atom. The second-order valence-electron chi connectivity index (χ2n) is 11.4. The molecule has 1 aliphatic carbocycles. The molecule has 0 amide bonds. The fourth-order valence-electron chi connectivity index (χ4n) is 6.25. The SMILES string of the molecule is O=C1c2ccccc2C(=O)c2cc(CSc3nnc(-c4cc(-c5ccccc5)nc5ccccc45)n3CC3CCCO3)ccc21. The molecule has 45 heavy (non-hydrogen) atoms. The van der Waals surface area contributed by atoms with E-state index in [1.807, 2.05) is 48.5 Å². The molecule has 1 atom stereocenters. The first-order chi connectivity index (χ1) is 22.1. The maximum Gasteiger partial charge on any atom is 0.194 e. The van der Waals surface area contributed by atoms with E-state index in [0.29, 0.717) is 34.6 Å². The van der Waals surface area contributed by atoms with Gasteiger partial charge in [-0.1, -0.05) is 90.6 Å². The van der Waals surface area contributed by atoms with Crippen molar-refractivity contribution in [3.8, 4) is 22.6 Å². The highest BCUT2D eigenvalue weighted by atomic mass is 32.2. The van der Waals surface area contributed by atoms with Crippen LogP contribution in [0.3, 0.4) is 0 Å². The van der Waals surface area contributed by atoms with Crippen LogP contribution in [0.15, 0.2) is 108 Å². The fourth-order valence-corrected chi connectivity index (χ4v) is 7.14. The molecule has 1 aliphatic heterocycles. The summed E-state index contributed by atoms with van der Waals surface area (Å²) < 4.78 is 8.23. The molecule has 2 aliphatic rings. The fraction of sp³-hybridized carbons (Fsp3) is 0.162. The molecular weight excluding hydrogens is 580 g/mol. The lowest BCUT2D eigenvalue weighted by molar-refractivity contribution is 0.0953. The van der Waals surface area contributed by atoms with E-state index < -0.39 is 0 Å². The highest BCUT2D eigenvalue weighted by Gasteiger charge is 2.29. The van der Waals surface area contributed by atoms with Crippen LogP contribution in [-0.2, 0) is 17.0 Å². The van der Waals surface area contributed by atoms with Crippen LogP contribution in [0.2, 0.25) is 0 Å². The minimum absolute atomic E-state index is 0.0771. The maximum atomic E-state index is 13.3. The number of hydrogen-bond donors (Lipinski definition) is 0. The lowest BCUT2D eigenvalue weighted by Crippen LogP contribution is -2.20. The van der Waals surface area contributed by atoms with Gasteiger partial charge in [-0.05, 0) is 42.7 Å². The van der Waals surface area contributed by atoms with E-state index in [-0.39, 0.29) is 17.7 Å². The predicted molar refractivity (Wildman–Crippen MR) is 174 cm³/mol. The summed E-state index contributed by atoms with van der Waals surface area (Å²) in [6.45, 7) is 1.39. The highest BCUT2D eigenvalue weighted by Crippen LogP contribution is 2.35. The minimum atomic E-state index is -0.116. The smallest absolute Gasteiger partial charge is 0.194 e. The lowest BCUT2D eigenvalue weighted by Gasteiger charge is -2.18. The van der Waals surface area contributed by atoms with Crippen LogP contribution < -0.4 is 0 Å². The predicted octanol–water partition coefficient (Wildman–Crippen LogP) is 7.41. The van der Waals surface area contributed by atoms with Crippen molar-refractivity contribution in [2.75, 3.05) is 6.61 Å². The number of hydrogen-bond acceptors (Lipinski definition) is 7. The van der Waals surface area contributed by atoms with Gasteiger partial charge in [0.15, 0.2) is 22.5 Å². The molecule has 0 spiro atoms. The molecule has 1 unspecified atom stereocenters. The van der Waals surface area contributed by atoms with Crippen LogP contribution in [0.5, 0.6) is 0 Å². The minimum Gasteiger partial charge on any atom is -0.376 e. The van der Waals surface area contributed by atoms with E-state index >= 15 is 0 Å². The molecule has 7 nitrogen and oxygen atoms in total. The molecule has 220 valence electrons. The molecule has 0 bridgehead atoms. The Kier molecular flexibility index (Phi) is 7.08. The second kappa shape index (κ2) is 11.5. The van der Waals surface area contributed by atoms with Crippen molar-refractivity contribution in [3.05, 3.63) is 131 Å². The molecular formula is C37H28N4O3S. The van der Waals surface area contributed by atoms with E-state index in [2.05, 4.69) is 33.9 Å². The molecule has 0 saturated carbocycles. The Hall–Kier alpha value is -4.92. The third-order valence-corrected chi connectivity index (χ3v) is 9.55. The number of carbonyl (C=O) groups excluding carboxylic acids is 2. The van der Waals surface area contributed by atoms with E-state index in [1.54, 1.807) is 42.1 Å². The second-order valence-corrected chi connectivity index (χ2v) is 12.3. The van der Waals surface area contributed by atoms with Crippen LogP contribution in [-0.4, -0.2) is 44.0 Å². The molecule has 0 radical (unpaired) electrons. The molecule has 4 aromatic carbocycles. The van der Waals surface area contributed by atoms with Gasteiger partial charge in [-0.3, -0.25) is 14.2 Å². The summed E-state index contributed by atoms with van der Waals surface area (Å²) in [6.07, 6.45) is 2.09. The third kappa shape index (κ3) is 5.06. The summed E-state index contributed by atoms with van der Waals surface area (Å²) in [5.41, 5.74) is 6.54. The Bertz CT molecular complexity index is 2100. The van der Waals surface area contributed by atoms with Gasteiger partial charge in [0, 0.05) is 51.1 Å². The average molecular weight is 609 g/mol. The van der Waals surface area contributed by atoms with Crippen LogP contribution in [0, 0.1) is 0 Å². The largest absolute Gasteiger partial charge is 0.376 e. The van der Waals surface area contributed by atoms with Crippen LogP contribution >= 0.6 is 11.8 Å². The van der Waals surface area contributed by atoms with E-state index in [4.69, 9.17) is 14.8 Å². The number of para-hydroxylation sites is 1. The summed E-state index contributed by atoms with van der Waals surface area (Å²) >= 11 is 1.57. The number of benzene rings is 4. The molecule has 8 rings (SSSR count). The zero-order valence-electron chi connectivity index (χ0n) is 24.3. The summed E-state index contributed by atoms with van der Waals surface area (Å²) in [6, 6.07) is 33.0. The maximum absolute atomic E-state index is 13.3. The van der Waals surface area contributed by atoms with E-state index in [0.717, 1.165) is 63.7 Å². The van der Waals surface area contributed by atoms with Crippen LogP contribution in [0.4, 0.5) is 0 Å². The van der Waals surface area contributed by atoms with Gasteiger partial charge in [0.05, 0.1) is 23.9 Å². The Balaban J connectivity index is 1.16. The molecule has 0 N–H and O–H groups in total. The van der Waals surface area contributed by atoms with Crippen LogP contribution in [0.1, 0.15) is 50.2 Å². The standard InChI is InChI=1S/C37H28N4O3S/c42-34-27-13-4-5-14-28(27)35(43)30-19-23(16-17-29(30)34)22-45-37-40-39-36(41(37)21-25-11-8-18-44-25)31-20-33(24-9-2-1-3-10-24)38-32-15-7-6-12-26(31)32/h1-7,9-10,12-17,19-20,25H,8,11,18,21-22H2. The van der Waals surface area contributed by atoms with Gasteiger partial charge in [-0.25, -0.2) is 4.98 Å². The number of rotatable bonds is 7. The van der Waals surface area contributed by atoms with Gasteiger partial charge in [-0.15, -0.1) is 10.2 Å². The summed E-state index contributed by atoms with van der Waals surface area (Å²) in [7, 11) is 0. The molecule has 6 aromatic rings. The number of thioether (sulfide) groups is 1. The van der Waals surface area contributed by atoms with Crippen molar-refractivity contribution in [1.29, 1.82) is 0 Å². The zero-order valence-corrected chi connectivity index (χ0v) is 25.2. The van der Waals surface area contributed by atoms with Crippen molar-refractivity contribution < 1.29 is 14.3 Å². The number of nitrogens with zero attached hydrogens (tertiary/aromatic N) is 4. The van der Waals surface area contributed by atoms with Crippen molar-refractivity contribution in [2.45, 2.75) is 36.4 Å². The van der Waals surface area contributed by atoms with Crippen molar-refractivity contribution in [1.82, 2.24) is 19.7 Å². The Morgan fingerprint density at radius 2 is 1.49 bits per heavy atom. The van der Waals surface area contributed by atoms with Gasteiger partial charge in [0.1, 0.15) is 0 Å². The Morgan fingerprint density at radius 3 is 2.29 bits per heavy atom. The number of pyridine rings is 1. The Labute approximate surface area is 264 Å². The number of ketones is 2. The molecule has 1 fully saturated rings. The highest BCUT2D eigenvalue weighted by molar-refractivity contribution is 7.98. The van der Waals surface area contributed by atoms with Crippen LogP contribution in [0.25, 0.3) is 33.5 Å². The number of carbonyl (C=O) groups is 2.